The van der Waals surface area contributed by atoms with Crippen LogP contribution in [0.3, 0.4) is 0 Å². The second kappa shape index (κ2) is 6.29. The first-order valence-electron chi connectivity index (χ1n) is 8.48. The predicted molar refractivity (Wildman–Crippen MR) is 95.3 cm³/mol. The van der Waals surface area contributed by atoms with Crippen LogP contribution in [0, 0.1) is 16.0 Å². The van der Waals surface area contributed by atoms with Gasteiger partial charge in [-0.3, -0.25) is 10.1 Å². The fourth-order valence-electron chi connectivity index (χ4n) is 3.78. The van der Waals surface area contributed by atoms with Crippen LogP contribution in [0.5, 0.6) is 0 Å². The third kappa shape index (κ3) is 3.12. The Morgan fingerprint density at radius 1 is 1.28 bits per heavy atom. The molecule has 0 aliphatic carbocycles. The Bertz CT molecular complexity index is 797. The van der Waals surface area contributed by atoms with Crippen molar-refractivity contribution in [2.75, 3.05) is 30.3 Å². The van der Waals surface area contributed by atoms with Crippen molar-refractivity contribution in [3.8, 4) is 11.3 Å². The van der Waals surface area contributed by atoms with Crippen molar-refractivity contribution in [2.24, 2.45) is 5.92 Å². The van der Waals surface area contributed by atoms with Crippen LogP contribution in [0.2, 0.25) is 0 Å². The van der Waals surface area contributed by atoms with Gasteiger partial charge in [-0.1, -0.05) is 12.1 Å². The molecule has 8 nitrogen and oxygen atoms in total. The van der Waals surface area contributed by atoms with Crippen LogP contribution in [-0.2, 0) is 0 Å². The summed E-state index contributed by atoms with van der Waals surface area (Å²) >= 11 is 0. The lowest BCUT2D eigenvalue weighted by molar-refractivity contribution is -0.384. The molecule has 0 amide bonds. The number of nitrogen functional groups attached to an aromatic ring is 1. The number of hydrogen-bond acceptors (Lipinski definition) is 7. The first-order valence-corrected chi connectivity index (χ1v) is 8.48. The molecule has 0 bridgehead atoms. The Balaban J connectivity index is 1.65. The zero-order valence-electron chi connectivity index (χ0n) is 13.8. The minimum Gasteiger partial charge on any atom is -0.368 e. The highest BCUT2D eigenvalue weighted by molar-refractivity contribution is 5.67. The molecule has 2 aliphatic heterocycles. The maximum absolute atomic E-state index is 11.0. The lowest BCUT2D eigenvalue weighted by atomic mass is 9.94. The quantitative estimate of drug-likeness (QED) is 0.647. The Morgan fingerprint density at radius 3 is 2.96 bits per heavy atom. The van der Waals surface area contributed by atoms with E-state index in [1.165, 1.54) is 25.0 Å². The maximum atomic E-state index is 11.0. The first kappa shape index (κ1) is 15.8. The third-order valence-corrected chi connectivity index (χ3v) is 5.01. The summed E-state index contributed by atoms with van der Waals surface area (Å²) in [7, 11) is 0. The number of benzene rings is 1. The molecule has 0 spiro atoms. The van der Waals surface area contributed by atoms with Gasteiger partial charge in [0.05, 0.1) is 10.6 Å². The molecule has 1 aromatic carbocycles. The maximum Gasteiger partial charge on any atom is 0.270 e. The number of non-ortho nitro benzene ring substituents is 1. The van der Waals surface area contributed by atoms with E-state index in [0.29, 0.717) is 23.2 Å². The van der Waals surface area contributed by atoms with E-state index in [1.807, 2.05) is 6.07 Å². The summed E-state index contributed by atoms with van der Waals surface area (Å²) in [6, 6.07) is 8.78. The van der Waals surface area contributed by atoms with Gasteiger partial charge in [0.15, 0.2) is 0 Å². The van der Waals surface area contributed by atoms with Gasteiger partial charge >= 0.3 is 0 Å². The molecule has 1 aromatic heterocycles. The molecule has 2 saturated heterocycles. The highest BCUT2D eigenvalue weighted by atomic mass is 16.6. The number of aromatic nitrogens is 2. The van der Waals surface area contributed by atoms with E-state index in [1.54, 1.807) is 12.1 Å². The minimum atomic E-state index is -0.411. The van der Waals surface area contributed by atoms with Gasteiger partial charge in [-0.15, -0.1) is 0 Å². The van der Waals surface area contributed by atoms with Crippen molar-refractivity contribution in [1.82, 2.24) is 15.3 Å². The van der Waals surface area contributed by atoms with Gasteiger partial charge in [-0.05, 0) is 25.3 Å². The Labute approximate surface area is 145 Å². The Hall–Kier alpha value is -2.74. The van der Waals surface area contributed by atoms with E-state index in [0.717, 1.165) is 25.5 Å². The lowest BCUT2D eigenvalue weighted by Gasteiger charge is -2.24. The third-order valence-electron chi connectivity index (χ3n) is 5.01. The van der Waals surface area contributed by atoms with Crippen molar-refractivity contribution < 1.29 is 4.92 Å². The molecular formula is C17H20N6O2. The lowest BCUT2D eigenvalue weighted by Crippen LogP contribution is -2.40. The summed E-state index contributed by atoms with van der Waals surface area (Å²) in [6.07, 6.45) is 2.44. The fourth-order valence-corrected chi connectivity index (χ4v) is 3.78. The summed E-state index contributed by atoms with van der Waals surface area (Å²) in [5.41, 5.74) is 7.22. The predicted octanol–water partition coefficient (Wildman–Crippen LogP) is 1.82. The summed E-state index contributed by atoms with van der Waals surface area (Å²) in [5.74, 6) is 1.60. The number of nitro benzene ring substituents is 1. The van der Waals surface area contributed by atoms with Crippen molar-refractivity contribution in [2.45, 2.75) is 18.9 Å². The highest BCUT2D eigenvalue weighted by Crippen LogP contribution is 2.31. The summed E-state index contributed by atoms with van der Waals surface area (Å²) in [4.78, 5) is 21.5. The van der Waals surface area contributed by atoms with Gasteiger partial charge in [0.1, 0.15) is 5.82 Å². The normalized spacial score (nSPS) is 22.6. The molecule has 2 atom stereocenters. The van der Waals surface area contributed by atoms with Crippen LogP contribution in [0.15, 0.2) is 30.3 Å². The van der Waals surface area contributed by atoms with Crippen LogP contribution < -0.4 is 16.0 Å². The molecule has 2 aromatic rings. The smallest absolute Gasteiger partial charge is 0.270 e. The molecule has 130 valence electrons. The molecule has 2 aliphatic rings. The van der Waals surface area contributed by atoms with E-state index in [-0.39, 0.29) is 11.6 Å². The fraction of sp³-hybridized carbons (Fsp3) is 0.412. The monoisotopic (exact) mass is 340 g/mol. The summed E-state index contributed by atoms with van der Waals surface area (Å²) in [6.45, 7) is 2.91. The van der Waals surface area contributed by atoms with Crippen LogP contribution in [0.25, 0.3) is 11.3 Å². The first-order chi connectivity index (χ1) is 12.1. The van der Waals surface area contributed by atoms with E-state index in [4.69, 9.17) is 5.73 Å². The molecule has 2 fully saturated rings. The molecule has 8 heteroatoms. The second-order valence-electron chi connectivity index (χ2n) is 6.64. The number of rotatable bonds is 3. The van der Waals surface area contributed by atoms with Gasteiger partial charge in [-0.25, -0.2) is 4.98 Å². The SMILES string of the molecule is Nc1nc(-c2cccc([N+](=O)[O-])c2)cc(N2C[C@H]3CCCN[C@H]3C2)n1. The largest absolute Gasteiger partial charge is 0.368 e. The van der Waals surface area contributed by atoms with Gasteiger partial charge in [0.2, 0.25) is 5.95 Å². The van der Waals surface area contributed by atoms with Crippen molar-refractivity contribution in [3.63, 3.8) is 0 Å². The average Bonchev–Trinajstić information content (AvgIpc) is 3.05. The number of hydrogen-bond donors (Lipinski definition) is 2. The van der Waals surface area contributed by atoms with E-state index >= 15 is 0 Å². The van der Waals surface area contributed by atoms with Gasteiger partial charge in [0.25, 0.3) is 5.69 Å². The van der Waals surface area contributed by atoms with Crippen molar-refractivity contribution in [1.29, 1.82) is 0 Å². The summed E-state index contributed by atoms with van der Waals surface area (Å²) < 4.78 is 0. The number of fused-ring (bicyclic) bond motifs is 1. The highest BCUT2D eigenvalue weighted by Gasteiger charge is 2.35. The van der Waals surface area contributed by atoms with Gasteiger partial charge in [0, 0.05) is 42.9 Å². The molecule has 3 heterocycles. The number of nitrogens with zero attached hydrogens (tertiary/aromatic N) is 4. The van der Waals surface area contributed by atoms with E-state index in [9.17, 15) is 10.1 Å². The van der Waals surface area contributed by atoms with Crippen LogP contribution in [0.1, 0.15) is 12.8 Å². The van der Waals surface area contributed by atoms with Crippen molar-refractivity contribution in [3.05, 3.63) is 40.4 Å². The molecule has 0 saturated carbocycles. The Kier molecular flexibility index (Phi) is 3.96. The number of nitrogens with two attached hydrogens (primary N) is 1. The van der Waals surface area contributed by atoms with Crippen LogP contribution in [0.4, 0.5) is 17.5 Å². The number of piperidine rings is 1. The second-order valence-corrected chi connectivity index (χ2v) is 6.64. The van der Waals surface area contributed by atoms with Gasteiger partial charge in [-0.2, -0.15) is 4.98 Å². The zero-order chi connectivity index (χ0) is 17.4. The van der Waals surface area contributed by atoms with Gasteiger partial charge < -0.3 is 16.0 Å². The van der Waals surface area contributed by atoms with E-state index < -0.39 is 4.92 Å². The average molecular weight is 340 g/mol. The Morgan fingerprint density at radius 2 is 2.16 bits per heavy atom. The van der Waals surface area contributed by atoms with Crippen LogP contribution >= 0.6 is 0 Å². The van der Waals surface area contributed by atoms with Crippen molar-refractivity contribution >= 4 is 17.5 Å². The number of anilines is 2. The molecule has 0 radical (unpaired) electrons. The standard InChI is InChI=1S/C17H20N6O2/c18-17-20-14(11-3-1-5-13(7-11)23(24)25)8-16(21-17)22-9-12-4-2-6-19-15(12)10-22/h1,3,5,7-8,12,15,19H,2,4,6,9-10H2,(H2,18,20,21)/t12-,15+/m1/s1. The number of nitro groups is 1. The zero-order valence-corrected chi connectivity index (χ0v) is 13.8. The molecular weight excluding hydrogens is 320 g/mol. The molecule has 0 unspecified atom stereocenters. The summed E-state index contributed by atoms with van der Waals surface area (Å²) in [5, 5.41) is 14.6. The topological polar surface area (TPSA) is 110 Å². The molecule has 4 rings (SSSR count). The molecule has 25 heavy (non-hydrogen) atoms. The van der Waals surface area contributed by atoms with Crippen LogP contribution in [-0.4, -0.2) is 40.6 Å². The minimum absolute atomic E-state index is 0.0348. The van der Waals surface area contributed by atoms with E-state index in [2.05, 4.69) is 20.2 Å². The number of nitrogens with one attached hydrogen (secondary N) is 1. The molecule has 3 N–H and O–H groups in total.